The maximum atomic E-state index is 13.5. The van der Waals surface area contributed by atoms with Crippen LogP contribution in [0.5, 0.6) is 5.75 Å². The van der Waals surface area contributed by atoms with Gasteiger partial charge in [-0.05, 0) is 42.0 Å². The van der Waals surface area contributed by atoms with Crippen LogP contribution in [-0.4, -0.2) is 12.9 Å². The Bertz CT molecular complexity index is 654. The number of rotatable bonds is 4. The Morgan fingerprint density at radius 2 is 1.80 bits per heavy atom. The lowest BCUT2D eigenvalue weighted by atomic mass is 10.0. The Labute approximate surface area is 113 Å². The topological polar surface area (TPSA) is 26.3 Å². The molecule has 0 radical (unpaired) electrons. The Kier molecular flexibility index (Phi) is 4.08. The number of benzene rings is 2. The van der Waals surface area contributed by atoms with Crippen LogP contribution < -0.4 is 4.74 Å². The summed E-state index contributed by atoms with van der Waals surface area (Å²) in [4.78, 5) is 11.9. The van der Waals surface area contributed by atoms with Gasteiger partial charge in [-0.25, -0.2) is 13.2 Å². The zero-order valence-corrected chi connectivity index (χ0v) is 10.6. The van der Waals surface area contributed by atoms with E-state index < -0.39 is 23.2 Å². The quantitative estimate of drug-likeness (QED) is 0.801. The van der Waals surface area contributed by atoms with Crippen molar-refractivity contribution in [1.29, 1.82) is 0 Å². The smallest absolute Gasteiger partial charge is 0.167 e. The predicted molar refractivity (Wildman–Crippen MR) is 67.3 cm³/mol. The molecule has 0 fully saturated rings. The van der Waals surface area contributed by atoms with Crippen molar-refractivity contribution in [2.75, 3.05) is 7.11 Å². The first-order chi connectivity index (χ1) is 9.51. The Morgan fingerprint density at radius 3 is 2.45 bits per heavy atom. The van der Waals surface area contributed by atoms with Gasteiger partial charge in [-0.15, -0.1) is 0 Å². The molecule has 5 heteroatoms. The summed E-state index contributed by atoms with van der Waals surface area (Å²) in [7, 11) is 1.31. The molecular formula is C15H11F3O2. The highest BCUT2D eigenvalue weighted by molar-refractivity contribution is 5.97. The van der Waals surface area contributed by atoms with E-state index in [9.17, 15) is 18.0 Å². The van der Waals surface area contributed by atoms with Crippen LogP contribution in [-0.2, 0) is 6.42 Å². The third kappa shape index (κ3) is 2.99. The lowest BCUT2D eigenvalue weighted by molar-refractivity contribution is 0.0991. The third-order valence-corrected chi connectivity index (χ3v) is 2.83. The number of hydrogen-bond donors (Lipinski definition) is 0. The standard InChI is InChI=1S/C15H11F3O2/c1-20-15-5-2-9(7-13(15)18)14(19)8-10-6-11(16)3-4-12(10)17/h2-7H,8H2,1H3. The first kappa shape index (κ1) is 14.1. The van der Waals surface area contributed by atoms with Crippen LogP contribution in [0.2, 0.25) is 0 Å². The molecule has 2 rings (SSSR count). The van der Waals surface area contributed by atoms with Gasteiger partial charge in [-0.2, -0.15) is 0 Å². The van der Waals surface area contributed by atoms with Gasteiger partial charge in [0, 0.05) is 12.0 Å². The van der Waals surface area contributed by atoms with E-state index in [0.717, 1.165) is 24.3 Å². The van der Waals surface area contributed by atoms with Crippen molar-refractivity contribution >= 4 is 5.78 Å². The molecule has 104 valence electrons. The molecule has 0 aliphatic heterocycles. The lowest BCUT2D eigenvalue weighted by Crippen LogP contribution is -2.06. The molecule has 0 saturated carbocycles. The third-order valence-electron chi connectivity index (χ3n) is 2.83. The van der Waals surface area contributed by atoms with Crippen LogP contribution >= 0.6 is 0 Å². The van der Waals surface area contributed by atoms with E-state index in [0.29, 0.717) is 0 Å². The van der Waals surface area contributed by atoms with Crippen LogP contribution in [0.25, 0.3) is 0 Å². The normalized spacial score (nSPS) is 10.4. The minimum Gasteiger partial charge on any atom is -0.494 e. The first-order valence-corrected chi connectivity index (χ1v) is 5.82. The molecule has 0 N–H and O–H groups in total. The second kappa shape index (κ2) is 5.77. The number of Topliss-reactive ketones (excluding diaryl/α,β-unsaturated/α-hetero) is 1. The maximum Gasteiger partial charge on any atom is 0.167 e. The van der Waals surface area contributed by atoms with Crippen molar-refractivity contribution in [3.63, 3.8) is 0 Å². The molecule has 0 spiro atoms. The summed E-state index contributed by atoms with van der Waals surface area (Å²) in [5.74, 6) is -2.48. The van der Waals surface area contributed by atoms with Gasteiger partial charge >= 0.3 is 0 Å². The minimum atomic E-state index is -0.682. The maximum absolute atomic E-state index is 13.5. The summed E-state index contributed by atoms with van der Waals surface area (Å²) in [6, 6.07) is 6.57. The molecule has 0 aromatic heterocycles. The van der Waals surface area contributed by atoms with Crippen molar-refractivity contribution in [2.45, 2.75) is 6.42 Å². The van der Waals surface area contributed by atoms with Gasteiger partial charge in [0.25, 0.3) is 0 Å². The largest absolute Gasteiger partial charge is 0.494 e. The van der Waals surface area contributed by atoms with E-state index in [2.05, 4.69) is 0 Å². The van der Waals surface area contributed by atoms with Gasteiger partial charge in [0.2, 0.25) is 0 Å². The molecular weight excluding hydrogens is 269 g/mol. The predicted octanol–water partition coefficient (Wildman–Crippen LogP) is 3.54. The number of hydrogen-bond acceptors (Lipinski definition) is 2. The molecule has 20 heavy (non-hydrogen) atoms. The van der Waals surface area contributed by atoms with Crippen molar-refractivity contribution in [3.05, 3.63) is 65.0 Å². The number of halogens is 3. The van der Waals surface area contributed by atoms with E-state index in [4.69, 9.17) is 4.74 Å². The van der Waals surface area contributed by atoms with E-state index in [1.165, 1.54) is 19.2 Å². The van der Waals surface area contributed by atoms with E-state index in [1.807, 2.05) is 0 Å². The SMILES string of the molecule is COc1ccc(C(=O)Cc2cc(F)ccc2F)cc1F. The van der Waals surface area contributed by atoms with Crippen LogP contribution in [0.3, 0.4) is 0 Å². The van der Waals surface area contributed by atoms with E-state index in [-0.39, 0.29) is 23.3 Å². The molecule has 2 nitrogen and oxygen atoms in total. The monoisotopic (exact) mass is 280 g/mol. The Morgan fingerprint density at radius 1 is 1.05 bits per heavy atom. The average Bonchev–Trinajstić information content (AvgIpc) is 2.42. The lowest BCUT2D eigenvalue weighted by Gasteiger charge is -2.06. The van der Waals surface area contributed by atoms with Gasteiger partial charge < -0.3 is 4.74 Å². The summed E-state index contributed by atoms with van der Waals surface area (Å²) >= 11 is 0. The highest BCUT2D eigenvalue weighted by Crippen LogP contribution is 2.19. The summed E-state index contributed by atoms with van der Waals surface area (Å²) in [6.07, 6.45) is -0.338. The van der Waals surface area contributed by atoms with Gasteiger partial charge in [0.05, 0.1) is 7.11 Å². The molecule has 2 aromatic rings. The van der Waals surface area contributed by atoms with Crippen molar-refractivity contribution < 1.29 is 22.7 Å². The summed E-state index contributed by atoms with van der Waals surface area (Å²) in [5.41, 5.74) is 0.0122. The fraction of sp³-hybridized carbons (Fsp3) is 0.133. The summed E-state index contributed by atoms with van der Waals surface area (Å²) in [5, 5.41) is 0. The zero-order chi connectivity index (χ0) is 14.7. The summed E-state index contributed by atoms with van der Waals surface area (Å²) in [6.45, 7) is 0. The number of ketones is 1. The molecule has 0 bridgehead atoms. The van der Waals surface area contributed by atoms with Crippen molar-refractivity contribution in [1.82, 2.24) is 0 Å². The van der Waals surface area contributed by atoms with Crippen molar-refractivity contribution in [2.24, 2.45) is 0 Å². The minimum absolute atomic E-state index is 0.0125. The van der Waals surface area contributed by atoms with Gasteiger partial charge in [0.15, 0.2) is 17.3 Å². The van der Waals surface area contributed by atoms with Crippen LogP contribution in [0, 0.1) is 17.5 Å². The van der Waals surface area contributed by atoms with Crippen molar-refractivity contribution in [3.8, 4) is 5.75 Å². The summed E-state index contributed by atoms with van der Waals surface area (Å²) < 4.78 is 44.7. The van der Waals surface area contributed by atoms with Gasteiger partial charge in [-0.1, -0.05) is 0 Å². The molecule has 0 unspecified atom stereocenters. The molecule has 0 atom stereocenters. The number of carbonyl (C=O) groups is 1. The van der Waals surface area contributed by atoms with Gasteiger partial charge in [-0.3, -0.25) is 4.79 Å². The molecule has 0 amide bonds. The van der Waals surface area contributed by atoms with Crippen LogP contribution in [0.4, 0.5) is 13.2 Å². The molecule has 0 aliphatic rings. The highest BCUT2D eigenvalue weighted by Gasteiger charge is 2.13. The van der Waals surface area contributed by atoms with E-state index in [1.54, 1.807) is 0 Å². The Balaban J connectivity index is 2.24. The second-order valence-corrected chi connectivity index (χ2v) is 4.19. The molecule has 0 heterocycles. The second-order valence-electron chi connectivity index (χ2n) is 4.19. The number of ether oxygens (including phenoxy) is 1. The number of carbonyl (C=O) groups excluding carboxylic acids is 1. The molecule has 0 aliphatic carbocycles. The van der Waals surface area contributed by atoms with Crippen LogP contribution in [0.1, 0.15) is 15.9 Å². The fourth-order valence-electron chi connectivity index (χ4n) is 1.79. The first-order valence-electron chi connectivity index (χ1n) is 5.82. The highest BCUT2D eigenvalue weighted by atomic mass is 19.1. The molecule has 0 saturated heterocycles. The van der Waals surface area contributed by atoms with Crippen LogP contribution in [0.15, 0.2) is 36.4 Å². The Hall–Kier alpha value is -2.30. The average molecular weight is 280 g/mol. The molecule has 2 aromatic carbocycles. The van der Waals surface area contributed by atoms with E-state index >= 15 is 0 Å². The number of methoxy groups -OCH3 is 1. The van der Waals surface area contributed by atoms with Gasteiger partial charge in [0.1, 0.15) is 11.6 Å². The fourth-order valence-corrected chi connectivity index (χ4v) is 1.79. The zero-order valence-electron chi connectivity index (χ0n) is 10.6.